The van der Waals surface area contributed by atoms with Gasteiger partial charge in [0.15, 0.2) is 0 Å². The number of allylic oxidation sites excluding steroid dienone is 4. The molecule has 1 heteroatoms. The first kappa shape index (κ1) is 11.2. The highest BCUT2D eigenvalue weighted by molar-refractivity contribution is 5.65. The average Bonchev–Trinajstić information content (AvgIpc) is 2.10. The first-order valence-corrected chi connectivity index (χ1v) is 4.59. The lowest BCUT2D eigenvalue weighted by Gasteiger charge is -1.90. The van der Waals surface area contributed by atoms with Gasteiger partial charge in [0.05, 0.1) is 0 Å². The zero-order chi connectivity index (χ0) is 9.07. The zero-order valence-electron chi connectivity index (χ0n) is 7.75. The lowest BCUT2D eigenvalue weighted by atomic mass is 10.2. The Bertz CT molecular complexity index is 145. The van der Waals surface area contributed by atoms with Gasteiger partial charge in [0.1, 0.15) is 0 Å². The molecule has 0 rings (SSSR count). The Labute approximate surface area is 75.2 Å². The second-order valence-corrected chi connectivity index (χ2v) is 2.72. The molecule has 0 aliphatic heterocycles. The number of rotatable bonds is 7. The maximum Gasteiger partial charge on any atom is 0.225 e. The summed E-state index contributed by atoms with van der Waals surface area (Å²) in [6.45, 7) is 2.20. The highest BCUT2D eigenvalue weighted by Gasteiger charge is 1.80. The molecule has 0 aliphatic carbocycles. The van der Waals surface area contributed by atoms with Gasteiger partial charge < -0.3 is 0 Å². The van der Waals surface area contributed by atoms with E-state index in [0.717, 1.165) is 12.8 Å². The van der Waals surface area contributed by atoms with E-state index in [9.17, 15) is 4.79 Å². The van der Waals surface area contributed by atoms with Crippen LogP contribution >= 0.6 is 0 Å². The topological polar surface area (TPSA) is 17.1 Å². The molecule has 0 amide bonds. The van der Waals surface area contributed by atoms with Crippen LogP contribution in [0.1, 0.15) is 39.0 Å². The molecule has 0 unspecified atom stereocenters. The van der Waals surface area contributed by atoms with Gasteiger partial charge in [-0.25, -0.2) is 0 Å². The molecule has 0 N–H and O–H groups in total. The molecule has 0 spiro atoms. The van der Waals surface area contributed by atoms with Crippen LogP contribution < -0.4 is 0 Å². The van der Waals surface area contributed by atoms with Crippen molar-refractivity contribution in [1.29, 1.82) is 0 Å². The Kier molecular flexibility index (Phi) is 9.43. The quantitative estimate of drug-likeness (QED) is 0.321. The minimum absolute atomic E-state index is 0.849. The summed E-state index contributed by atoms with van der Waals surface area (Å²) in [7, 11) is 0. The van der Waals surface area contributed by atoms with Crippen molar-refractivity contribution in [3.8, 4) is 0 Å². The van der Waals surface area contributed by atoms with E-state index in [0.29, 0.717) is 0 Å². The Morgan fingerprint density at radius 2 is 2.00 bits per heavy atom. The first-order valence-electron chi connectivity index (χ1n) is 4.59. The van der Waals surface area contributed by atoms with Gasteiger partial charge in [-0.05, 0) is 25.3 Å². The maximum atomic E-state index is 9.74. The fourth-order valence-corrected chi connectivity index (χ4v) is 0.921. The number of hydrogen-bond donors (Lipinski definition) is 0. The summed E-state index contributed by atoms with van der Waals surface area (Å²) in [5, 5.41) is 0. The molecule has 1 nitrogen and oxygen atoms in total. The molecule has 0 saturated heterocycles. The Morgan fingerprint density at radius 3 is 2.67 bits per heavy atom. The van der Waals surface area contributed by atoms with Crippen LogP contribution in [0.2, 0.25) is 0 Å². The summed E-state index contributed by atoms with van der Waals surface area (Å²) in [6, 6.07) is 0. The molecule has 12 heavy (non-hydrogen) atoms. The van der Waals surface area contributed by atoms with Crippen LogP contribution in [0.5, 0.6) is 0 Å². The van der Waals surface area contributed by atoms with Crippen LogP contribution in [-0.4, -0.2) is 6.29 Å². The molecule has 0 aromatic rings. The zero-order valence-corrected chi connectivity index (χ0v) is 7.75. The largest absolute Gasteiger partial charge is 0.286 e. The molecule has 0 aromatic heterocycles. The highest BCUT2D eigenvalue weighted by atomic mass is 16.1. The van der Waals surface area contributed by atoms with Gasteiger partial charge in [-0.3, -0.25) is 4.79 Å². The molecule has 67 valence electrons. The molecule has 0 saturated carbocycles. The monoisotopic (exact) mass is 165 g/mol. The molecular weight excluding hydrogens is 148 g/mol. The van der Waals surface area contributed by atoms with Crippen molar-refractivity contribution >= 4 is 6.29 Å². The molecule has 0 heterocycles. The number of carbonyl (C=O) groups excluding carboxylic acids is 1. The van der Waals surface area contributed by atoms with E-state index in [1.165, 1.54) is 25.3 Å². The van der Waals surface area contributed by atoms with Crippen molar-refractivity contribution in [1.82, 2.24) is 0 Å². The first-order chi connectivity index (χ1) is 5.91. The van der Waals surface area contributed by atoms with Crippen molar-refractivity contribution < 1.29 is 4.79 Å². The van der Waals surface area contributed by atoms with E-state index in [1.54, 1.807) is 6.29 Å². The third kappa shape index (κ3) is 9.15. The Hall–Kier alpha value is -0.850. The van der Waals surface area contributed by atoms with Crippen molar-refractivity contribution in [3.63, 3.8) is 0 Å². The molecule has 0 aliphatic rings. The predicted molar refractivity (Wildman–Crippen MR) is 52.7 cm³/mol. The van der Waals surface area contributed by atoms with Gasteiger partial charge in [-0.2, -0.15) is 0 Å². The highest BCUT2D eigenvalue weighted by Crippen LogP contribution is 2.00. The van der Waals surface area contributed by atoms with E-state index in [-0.39, 0.29) is 0 Å². The van der Waals surface area contributed by atoms with Crippen molar-refractivity contribution in [2.24, 2.45) is 0 Å². The van der Waals surface area contributed by atoms with Gasteiger partial charge in [-0.1, -0.05) is 38.0 Å². The van der Waals surface area contributed by atoms with Crippen molar-refractivity contribution in [3.05, 3.63) is 24.3 Å². The minimum Gasteiger partial charge on any atom is -0.286 e. The van der Waals surface area contributed by atoms with Gasteiger partial charge >= 0.3 is 0 Å². The SMILES string of the molecule is CCCCCC=CCC=C[C]=O. The van der Waals surface area contributed by atoms with Crippen LogP contribution in [0, 0.1) is 0 Å². The standard InChI is InChI=1S/C11H17O/c1-2-3-4-5-6-7-8-9-10-11-12/h6-7,9-10H,2-5,8H2,1H3. The summed E-state index contributed by atoms with van der Waals surface area (Å²) in [4.78, 5) is 9.74. The lowest BCUT2D eigenvalue weighted by Crippen LogP contribution is -1.70. The van der Waals surface area contributed by atoms with Gasteiger partial charge in [0.25, 0.3) is 0 Å². The summed E-state index contributed by atoms with van der Waals surface area (Å²) in [6.07, 6.45) is 15.1. The van der Waals surface area contributed by atoms with E-state index in [2.05, 4.69) is 19.1 Å². The van der Waals surface area contributed by atoms with Crippen LogP contribution in [0.4, 0.5) is 0 Å². The summed E-state index contributed by atoms with van der Waals surface area (Å²) >= 11 is 0. The number of unbranched alkanes of at least 4 members (excludes halogenated alkanes) is 3. The lowest BCUT2D eigenvalue weighted by molar-refractivity contribution is 0.564. The molecule has 0 aromatic carbocycles. The summed E-state index contributed by atoms with van der Waals surface area (Å²) < 4.78 is 0. The third-order valence-electron chi connectivity index (χ3n) is 1.60. The normalized spacial score (nSPS) is 11.4. The summed E-state index contributed by atoms with van der Waals surface area (Å²) in [5.74, 6) is 0. The van der Waals surface area contributed by atoms with Crippen LogP contribution in [0.25, 0.3) is 0 Å². The van der Waals surface area contributed by atoms with Crippen molar-refractivity contribution in [2.45, 2.75) is 39.0 Å². The van der Waals surface area contributed by atoms with Crippen LogP contribution in [-0.2, 0) is 4.79 Å². The van der Waals surface area contributed by atoms with Gasteiger partial charge in [-0.15, -0.1) is 0 Å². The second kappa shape index (κ2) is 10.2. The van der Waals surface area contributed by atoms with Crippen LogP contribution in [0.3, 0.4) is 0 Å². The van der Waals surface area contributed by atoms with Gasteiger partial charge in [0.2, 0.25) is 6.29 Å². The van der Waals surface area contributed by atoms with Crippen molar-refractivity contribution in [2.75, 3.05) is 0 Å². The molecular formula is C11H17O. The second-order valence-electron chi connectivity index (χ2n) is 2.72. The molecule has 0 bridgehead atoms. The summed E-state index contributed by atoms with van der Waals surface area (Å²) in [5.41, 5.74) is 0. The third-order valence-corrected chi connectivity index (χ3v) is 1.60. The fourth-order valence-electron chi connectivity index (χ4n) is 0.921. The molecule has 0 fully saturated rings. The van der Waals surface area contributed by atoms with Crippen LogP contribution in [0.15, 0.2) is 24.3 Å². The van der Waals surface area contributed by atoms with E-state index < -0.39 is 0 Å². The Morgan fingerprint density at radius 1 is 1.17 bits per heavy atom. The van der Waals surface area contributed by atoms with Gasteiger partial charge in [0, 0.05) is 0 Å². The Balaban J connectivity index is 3.14. The predicted octanol–water partition coefficient (Wildman–Crippen LogP) is 3.18. The molecule has 1 radical (unpaired) electrons. The fraction of sp³-hybridized carbons (Fsp3) is 0.545. The van der Waals surface area contributed by atoms with E-state index in [4.69, 9.17) is 0 Å². The number of hydrogen-bond acceptors (Lipinski definition) is 1. The molecule has 0 atom stereocenters. The van der Waals surface area contributed by atoms with E-state index in [1.807, 2.05) is 6.08 Å². The minimum atomic E-state index is 0.849. The average molecular weight is 165 g/mol. The van der Waals surface area contributed by atoms with E-state index >= 15 is 0 Å². The maximum absolute atomic E-state index is 9.74. The smallest absolute Gasteiger partial charge is 0.225 e.